The van der Waals surface area contributed by atoms with E-state index in [2.05, 4.69) is 4.84 Å². The van der Waals surface area contributed by atoms with Crippen molar-refractivity contribution in [2.24, 2.45) is 11.8 Å². The van der Waals surface area contributed by atoms with Crippen LogP contribution in [0, 0.1) is 11.7 Å². The number of rotatable bonds is 10. The summed E-state index contributed by atoms with van der Waals surface area (Å²) in [5.74, 6) is 4.52. The number of carbonyl (C=O) groups is 2. The van der Waals surface area contributed by atoms with Gasteiger partial charge in [0.05, 0.1) is 12.3 Å². The Hall–Kier alpha value is -3.91. The molecule has 190 valence electrons. The van der Waals surface area contributed by atoms with Gasteiger partial charge in [0.15, 0.2) is 0 Å². The van der Waals surface area contributed by atoms with Crippen LogP contribution in [-0.4, -0.2) is 17.5 Å². The zero-order chi connectivity index (χ0) is 26.1. The Morgan fingerprint density at radius 2 is 1.56 bits per heavy atom. The second-order valence-corrected chi connectivity index (χ2v) is 9.26. The predicted molar refractivity (Wildman–Crippen MR) is 132 cm³/mol. The molecule has 3 rings (SSSR count). The van der Waals surface area contributed by atoms with Crippen LogP contribution in [-0.2, 0) is 32.2 Å². The molecule has 3 aromatic rings. The molecule has 0 aliphatic carbocycles. The molecule has 8 heteroatoms. The maximum absolute atomic E-state index is 13.1. The summed E-state index contributed by atoms with van der Waals surface area (Å²) in [6.45, 7) is 5.60. The Bertz CT molecular complexity index is 1160. The molecule has 0 heterocycles. The molecule has 0 bridgehead atoms. The smallest absolute Gasteiger partial charge is 0.325 e. The van der Waals surface area contributed by atoms with E-state index in [9.17, 15) is 14.0 Å². The molecule has 0 aliphatic rings. The highest BCUT2D eigenvalue weighted by molar-refractivity contribution is 5.80. The fourth-order valence-electron chi connectivity index (χ4n) is 3.38. The lowest BCUT2D eigenvalue weighted by Gasteiger charge is -2.23. The minimum Gasteiger partial charge on any atom is -0.489 e. The van der Waals surface area contributed by atoms with Gasteiger partial charge in [0.2, 0.25) is 0 Å². The van der Waals surface area contributed by atoms with Crippen molar-refractivity contribution in [1.29, 1.82) is 0 Å². The summed E-state index contributed by atoms with van der Waals surface area (Å²) in [6, 6.07) is 20.5. The van der Waals surface area contributed by atoms with Crippen molar-refractivity contribution in [2.45, 2.75) is 45.8 Å². The van der Waals surface area contributed by atoms with Crippen LogP contribution in [0.15, 0.2) is 72.8 Å². The molecule has 0 aromatic heterocycles. The van der Waals surface area contributed by atoms with Crippen LogP contribution in [0.5, 0.6) is 17.2 Å². The molecule has 0 radical (unpaired) electrons. The van der Waals surface area contributed by atoms with Crippen LogP contribution in [0.4, 0.5) is 4.39 Å². The maximum atomic E-state index is 13.1. The molecule has 2 N–H and O–H groups in total. The third-order valence-electron chi connectivity index (χ3n) is 5.04. The Kier molecular flexibility index (Phi) is 9.02. The summed E-state index contributed by atoms with van der Waals surface area (Å²) in [5.41, 5.74) is 1.04. The Morgan fingerprint density at radius 1 is 0.889 bits per heavy atom. The van der Waals surface area contributed by atoms with E-state index in [4.69, 9.17) is 20.1 Å². The molecular formula is C28H30FNO6. The van der Waals surface area contributed by atoms with E-state index >= 15 is 0 Å². The van der Waals surface area contributed by atoms with E-state index in [0.29, 0.717) is 23.9 Å². The summed E-state index contributed by atoms with van der Waals surface area (Å²) < 4.78 is 30.2. The number of halogens is 1. The largest absolute Gasteiger partial charge is 0.489 e. The monoisotopic (exact) mass is 495 g/mol. The number of hydrogen-bond donors (Lipinski definition) is 1. The van der Waals surface area contributed by atoms with E-state index in [1.54, 1.807) is 45.0 Å². The molecule has 0 amide bonds. The molecule has 0 unspecified atom stereocenters. The van der Waals surface area contributed by atoms with E-state index in [1.807, 2.05) is 36.4 Å². The lowest BCUT2D eigenvalue weighted by atomic mass is 9.96. The SMILES string of the molecule is CC(C)(C)OC(=O)[C@H](CC(=O)ON)Cc1ccc(OCc2cccc(Oc3ccc(F)cc3)c2)cc1. The van der Waals surface area contributed by atoms with E-state index < -0.39 is 23.5 Å². The number of ether oxygens (including phenoxy) is 3. The number of esters is 1. The topological polar surface area (TPSA) is 97.1 Å². The number of carbonyl (C=O) groups excluding carboxylic acids is 2. The first-order valence-electron chi connectivity index (χ1n) is 11.5. The van der Waals surface area contributed by atoms with Gasteiger partial charge in [0, 0.05) is 0 Å². The third kappa shape index (κ3) is 8.70. The van der Waals surface area contributed by atoms with Crippen molar-refractivity contribution in [2.75, 3.05) is 0 Å². The molecule has 0 fully saturated rings. The number of nitrogens with two attached hydrogens (primary N) is 1. The van der Waals surface area contributed by atoms with Gasteiger partial charge in [-0.15, -0.1) is 0 Å². The number of hydrogen-bond acceptors (Lipinski definition) is 7. The quantitative estimate of drug-likeness (QED) is 0.293. The number of benzene rings is 3. The maximum Gasteiger partial charge on any atom is 0.325 e. The zero-order valence-electron chi connectivity index (χ0n) is 20.5. The van der Waals surface area contributed by atoms with Gasteiger partial charge in [-0.1, -0.05) is 24.3 Å². The van der Waals surface area contributed by atoms with Crippen molar-refractivity contribution in [3.63, 3.8) is 0 Å². The van der Waals surface area contributed by atoms with Gasteiger partial charge in [-0.3, -0.25) is 9.59 Å². The van der Waals surface area contributed by atoms with Gasteiger partial charge in [0.25, 0.3) is 0 Å². The van der Waals surface area contributed by atoms with Gasteiger partial charge in [-0.05, 0) is 86.8 Å². The van der Waals surface area contributed by atoms with Crippen molar-refractivity contribution in [3.8, 4) is 17.2 Å². The molecule has 36 heavy (non-hydrogen) atoms. The minimum absolute atomic E-state index is 0.181. The molecule has 1 atom stereocenters. The van der Waals surface area contributed by atoms with E-state index in [-0.39, 0.29) is 18.7 Å². The van der Waals surface area contributed by atoms with Crippen LogP contribution in [0.3, 0.4) is 0 Å². The van der Waals surface area contributed by atoms with Crippen molar-refractivity contribution in [1.82, 2.24) is 0 Å². The van der Waals surface area contributed by atoms with E-state index in [1.165, 1.54) is 12.1 Å². The fourth-order valence-corrected chi connectivity index (χ4v) is 3.38. The summed E-state index contributed by atoms with van der Waals surface area (Å²) in [7, 11) is 0. The van der Waals surface area contributed by atoms with Crippen LogP contribution < -0.4 is 15.4 Å². The summed E-state index contributed by atoms with van der Waals surface area (Å²) >= 11 is 0. The second kappa shape index (κ2) is 12.2. The molecular weight excluding hydrogens is 465 g/mol. The standard InChI is InChI=1S/C28H30FNO6/c1-28(2,3)35-27(32)21(17-26(31)36-30)15-19-7-11-23(12-8-19)33-18-20-5-4-6-25(16-20)34-24-13-9-22(29)10-14-24/h4-14,16,21H,15,17-18,30H2,1-3H3/t21-/m0/s1. The lowest BCUT2D eigenvalue weighted by Crippen LogP contribution is -2.31. The van der Waals surface area contributed by atoms with Crippen LogP contribution >= 0.6 is 0 Å². The Morgan fingerprint density at radius 3 is 2.19 bits per heavy atom. The van der Waals surface area contributed by atoms with Gasteiger partial charge >= 0.3 is 11.9 Å². The Balaban J connectivity index is 1.59. The minimum atomic E-state index is -0.726. The highest BCUT2D eigenvalue weighted by Gasteiger charge is 2.28. The van der Waals surface area contributed by atoms with Gasteiger partial charge in [0.1, 0.15) is 35.3 Å². The molecule has 0 aliphatic heterocycles. The van der Waals surface area contributed by atoms with Gasteiger partial charge in [-0.25, -0.2) is 4.39 Å². The van der Waals surface area contributed by atoms with Crippen molar-refractivity contribution in [3.05, 3.63) is 89.7 Å². The normalized spacial score (nSPS) is 11.9. The lowest BCUT2D eigenvalue weighted by molar-refractivity contribution is -0.164. The van der Waals surface area contributed by atoms with Gasteiger partial charge in [-0.2, -0.15) is 5.90 Å². The van der Waals surface area contributed by atoms with E-state index in [0.717, 1.165) is 11.1 Å². The zero-order valence-corrected chi connectivity index (χ0v) is 20.5. The highest BCUT2D eigenvalue weighted by atomic mass is 19.1. The molecule has 3 aromatic carbocycles. The van der Waals surface area contributed by atoms with Crippen LogP contribution in [0.2, 0.25) is 0 Å². The molecule has 0 saturated carbocycles. The van der Waals surface area contributed by atoms with Crippen LogP contribution in [0.25, 0.3) is 0 Å². The first kappa shape index (κ1) is 26.7. The van der Waals surface area contributed by atoms with Crippen LogP contribution in [0.1, 0.15) is 38.3 Å². The van der Waals surface area contributed by atoms with Crippen molar-refractivity contribution >= 4 is 11.9 Å². The predicted octanol–water partition coefficient (Wildman–Crippen LogP) is 5.50. The molecule has 7 nitrogen and oxygen atoms in total. The first-order chi connectivity index (χ1) is 17.1. The fraction of sp³-hybridized carbons (Fsp3) is 0.286. The average Bonchev–Trinajstić information content (AvgIpc) is 2.83. The highest BCUT2D eigenvalue weighted by Crippen LogP contribution is 2.24. The molecule has 0 saturated heterocycles. The average molecular weight is 496 g/mol. The summed E-state index contributed by atoms with van der Waals surface area (Å²) in [4.78, 5) is 28.5. The first-order valence-corrected chi connectivity index (χ1v) is 11.5. The second-order valence-electron chi connectivity index (χ2n) is 9.26. The third-order valence-corrected chi connectivity index (χ3v) is 5.04. The summed E-state index contributed by atoms with van der Waals surface area (Å²) in [5, 5.41) is 0. The Labute approximate surface area is 209 Å². The van der Waals surface area contributed by atoms with Crippen molar-refractivity contribution < 1.29 is 33.0 Å². The van der Waals surface area contributed by atoms with Gasteiger partial charge < -0.3 is 19.0 Å². The summed E-state index contributed by atoms with van der Waals surface area (Å²) in [6.07, 6.45) is 0.104. The molecule has 0 spiro atoms.